The first-order valence-electron chi connectivity index (χ1n) is 30.7. The second-order valence-electron chi connectivity index (χ2n) is 19.7. The highest BCUT2D eigenvalue weighted by molar-refractivity contribution is 7.47. The van der Waals surface area contributed by atoms with E-state index in [4.69, 9.17) is 23.3 Å². The number of esters is 3. The molecule has 0 heterocycles. The summed E-state index contributed by atoms with van der Waals surface area (Å²) in [5.74, 6) is -1.58. The van der Waals surface area contributed by atoms with Gasteiger partial charge in [-0.1, -0.05) is 212 Å². The molecule has 0 fully saturated rings. The van der Waals surface area contributed by atoms with Crippen LogP contribution < -0.4 is 0 Å². The van der Waals surface area contributed by atoms with E-state index < -0.39 is 57.8 Å². The quantitative estimate of drug-likeness (QED) is 0.0197. The summed E-state index contributed by atoms with van der Waals surface area (Å²) in [5.41, 5.74) is 0. The van der Waals surface area contributed by atoms with Gasteiger partial charge in [-0.15, -0.1) is 0 Å². The van der Waals surface area contributed by atoms with Crippen molar-refractivity contribution in [3.63, 3.8) is 0 Å². The van der Waals surface area contributed by atoms with Gasteiger partial charge in [-0.05, 0) is 141 Å². The first-order valence-corrected chi connectivity index (χ1v) is 32.2. The SMILES string of the molecule is CC/C=C\C/C=C\C/C=C\C/C=C\C/C=C\CCCCCC(=O)OC(COC(=O)CCCC/C=C\C/C=C\C/C=C\C/C=C\CC)COP(=O)(O)OCC(CO)OC(=O)CCCCCCCC/C=C\C/C=C\C/C=C\CCCCC. The first-order chi connectivity index (χ1) is 39.2. The summed E-state index contributed by atoms with van der Waals surface area (Å²) >= 11 is 0. The minimum absolute atomic E-state index is 0.110. The second-order valence-corrected chi connectivity index (χ2v) is 21.2. The third kappa shape index (κ3) is 58.0. The zero-order valence-electron chi connectivity index (χ0n) is 50.0. The van der Waals surface area contributed by atoms with Gasteiger partial charge in [0.15, 0.2) is 6.10 Å². The highest BCUT2D eigenvalue weighted by Crippen LogP contribution is 2.43. The van der Waals surface area contributed by atoms with Gasteiger partial charge in [0.25, 0.3) is 0 Å². The smallest absolute Gasteiger partial charge is 0.462 e. The molecule has 80 heavy (non-hydrogen) atoms. The second kappa shape index (κ2) is 60.5. The summed E-state index contributed by atoms with van der Waals surface area (Å²) in [7, 11) is -4.79. The maximum atomic E-state index is 12.9. The predicted molar refractivity (Wildman–Crippen MR) is 334 cm³/mol. The molecule has 0 saturated heterocycles. The molecule has 0 saturated carbocycles. The van der Waals surface area contributed by atoms with Gasteiger partial charge < -0.3 is 24.2 Å². The molecule has 0 aliphatic carbocycles. The maximum absolute atomic E-state index is 12.9. The molecule has 0 spiro atoms. The van der Waals surface area contributed by atoms with Gasteiger partial charge in [-0.2, -0.15) is 0 Å². The van der Waals surface area contributed by atoms with Crippen molar-refractivity contribution in [1.82, 2.24) is 0 Å². The molecule has 0 radical (unpaired) electrons. The number of phosphoric acid groups is 1. The van der Waals surface area contributed by atoms with Crippen LogP contribution in [0.2, 0.25) is 0 Å². The van der Waals surface area contributed by atoms with E-state index in [0.29, 0.717) is 19.3 Å². The minimum atomic E-state index is -4.79. The number of ether oxygens (including phenoxy) is 3. The van der Waals surface area contributed by atoms with E-state index in [-0.39, 0.29) is 25.9 Å². The molecule has 12 heteroatoms. The molecule has 11 nitrogen and oxygen atoms in total. The molecule has 0 aliphatic heterocycles. The van der Waals surface area contributed by atoms with Crippen LogP contribution in [0.15, 0.2) is 146 Å². The van der Waals surface area contributed by atoms with Crippen LogP contribution in [-0.4, -0.2) is 66.5 Å². The van der Waals surface area contributed by atoms with Gasteiger partial charge in [0.1, 0.15) is 12.7 Å². The zero-order chi connectivity index (χ0) is 58.3. The molecule has 0 aromatic heterocycles. The fourth-order valence-corrected chi connectivity index (χ4v) is 8.40. The number of aliphatic hydroxyl groups excluding tert-OH is 1. The Balaban J connectivity index is 4.83. The Kier molecular flexibility index (Phi) is 56.9. The number of hydrogen-bond acceptors (Lipinski definition) is 10. The Labute approximate surface area is 486 Å². The number of phosphoric ester groups is 1. The van der Waals surface area contributed by atoms with Gasteiger partial charge in [-0.25, -0.2) is 4.57 Å². The monoisotopic (exact) mass is 1130 g/mol. The van der Waals surface area contributed by atoms with E-state index in [2.05, 4.69) is 167 Å². The lowest BCUT2D eigenvalue weighted by atomic mass is 10.1. The van der Waals surface area contributed by atoms with Gasteiger partial charge in [0.05, 0.1) is 19.8 Å². The largest absolute Gasteiger partial charge is 0.472 e. The summed E-state index contributed by atoms with van der Waals surface area (Å²) in [6, 6.07) is 0. The number of unbranched alkanes of at least 4 members (excludes halogenated alkanes) is 14. The minimum Gasteiger partial charge on any atom is -0.462 e. The molecular formula is C68H109O11P. The molecule has 0 aromatic rings. The van der Waals surface area contributed by atoms with Gasteiger partial charge in [0, 0.05) is 19.3 Å². The molecule has 0 bridgehead atoms. The van der Waals surface area contributed by atoms with E-state index >= 15 is 0 Å². The van der Waals surface area contributed by atoms with Crippen LogP contribution in [-0.2, 0) is 42.2 Å². The van der Waals surface area contributed by atoms with Crippen LogP contribution >= 0.6 is 7.82 Å². The van der Waals surface area contributed by atoms with Crippen molar-refractivity contribution in [3.05, 3.63) is 146 Å². The molecule has 3 unspecified atom stereocenters. The van der Waals surface area contributed by atoms with E-state index in [1.807, 2.05) is 0 Å². The summed E-state index contributed by atoms with van der Waals surface area (Å²) < 4.78 is 39.5. The van der Waals surface area contributed by atoms with Gasteiger partial charge in [-0.3, -0.25) is 23.4 Å². The number of carbonyl (C=O) groups excluding carboxylic acids is 3. The van der Waals surface area contributed by atoms with Crippen LogP contribution in [0, 0.1) is 0 Å². The molecule has 452 valence electrons. The van der Waals surface area contributed by atoms with Crippen molar-refractivity contribution in [3.8, 4) is 0 Å². The van der Waals surface area contributed by atoms with E-state index in [1.165, 1.54) is 25.7 Å². The average Bonchev–Trinajstić information content (AvgIpc) is 3.45. The topological polar surface area (TPSA) is 155 Å². The number of aliphatic hydroxyl groups is 1. The lowest BCUT2D eigenvalue weighted by Crippen LogP contribution is -2.30. The lowest BCUT2D eigenvalue weighted by Gasteiger charge is -2.21. The number of allylic oxidation sites excluding steroid dienone is 24. The van der Waals surface area contributed by atoms with E-state index in [0.717, 1.165) is 141 Å². The molecule has 0 rings (SSSR count). The van der Waals surface area contributed by atoms with Crippen LogP contribution in [0.1, 0.15) is 226 Å². The Morgan fingerprint density at radius 3 is 1.04 bits per heavy atom. The first kappa shape index (κ1) is 75.4. The van der Waals surface area contributed by atoms with Crippen molar-refractivity contribution < 1.29 is 52.2 Å². The average molecular weight is 1130 g/mol. The van der Waals surface area contributed by atoms with Crippen LogP contribution in [0.3, 0.4) is 0 Å². The van der Waals surface area contributed by atoms with Crippen molar-refractivity contribution in [2.75, 3.05) is 26.4 Å². The third-order valence-electron chi connectivity index (χ3n) is 12.2. The van der Waals surface area contributed by atoms with Crippen molar-refractivity contribution in [1.29, 1.82) is 0 Å². The van der Waals surface area contributed by atoms with Gasteiger partial charge in [0.2, 0.25) is 0 Å². The lowest BCUT2D eigenvalue weighted by molar-refractivity contribution is -0.161. The molecule has 0 aliphatic rings. The Bertz CT molecular complexity index is 1900. The number of hydrogen-bond donors (Lipinski definition) is 2. The highest BCUT2D eigenvalue weighted by Gasteiger charge is 2.28. The fourth-order valence-electron chi connectivity index (χ4n) is 7.61. The normalized spacial score (nSPS) is 14.3. The van der Waals surface area contributed by atoms with Crippen LogP contribution in [0.25, 0.3) is 0 Å². The van der Waals surface area contributed by atoms with Crippen molar-refractivity contribution >= 4 is 25.7 Å². The summed E-state index contributed by atoms with van der Waals surface area (Å²) in [4.78, 5) is 48.7. The third-order valence-corrected chi connectivity index (χ3v) is 13.2. The molecule has 0 aromatic carbocycles. The Morgan fingerprint density at radius 1 is 0.362 bits per heavy atom. The van der Waals surface area contributed by atoms with Crippen molar-refractivity contribution in [2.24, 2.45) is 0 Å². The van der Waals surface area contributed by atoms with Crippen LogP contribution in [0.4, 0.5) is 0 Å². The predicted octanol–water partition coefficient (Wildman–Crippen LogP) is 18.7. The van der Waals surface area contributed by atoms with E-state index in [9.17, 15) is 28.9 Å². The Hall–Kier alpha value is -4.64. The highest BCUT2D eigenvalue weighted by atomic mass is 31.2. The standard InChI is InChI=1S/C68H109O11P/c1-4-7-10-13-16-19-22-25-28-30-32-34-37-40-43-46-49-52-55-58-67(71)78-64(60-69)62-76-80(73,74)77-63-65(61-75-66(70)57-54-51-48-45-42-39-36-27-24-21-18-15-12-9-6-3)79-68(72)59-56-53-50-47-44-41-38-35-33-31-29-26-23-20-17-14-11-8-5-2/h8-9,11-12,16-21,25-29,32-36,41-42,44-45,64-65,69H,4-7,10,13-15,22-24,30-31,37-40,43,46-63H2,1-3H3,(H,73,74)/b11-8-,12-9-,19-16-,20-17-,21-18-,28-25-,29-26-,34-32-,35-33-,36-27-,44-41-,45-42-. The van der Waals surface area contributed by atoms with Gasteiger partial charge >= 0.3 is 25.7 Å². The Morgan fingerprint density at radius 2 is 0.650 bits per heavy atom. The maximum Gasteiger partial charge on any atom is 0.472 e. The molecule has 3 atom stereocenters. The summed E-state index contributed by atoms with van der Waals surface area (Å²) in [5, 5.41) is 9.85. The van der Waals surface area contributed by atoms with Crippen molar-refractivity contribution in [2.45, 2.75) is 238 Å². The summed E-state index contributed by atoms with van der Waals surface area (Å²) in [6.07, 6.45) is 78.0. The zero-order valence-corrected chi connectivity index (χ0v) is 50.9. The molecular weight excluding hydrogens is 1020 g/mol. The van der Waals surface area contributed by atoms with E-state index in [1.54, 1.807) is 0 Å². The fraction of sp³-hybridized carbons (Fsp3) is 0.603. The molecule has 0 amide bonds. The molecule has 2 N–H and O–H groups in total. The number of carbonyl (C=O) groups is 3. The summed E-state index contributed by atoms with van der Waals surface area (Å²) in [6.45, 7) is 4.28. The van der Waals surface area contributed by atoms with Crippen LogP contribution in [0.5, 0.6) is 0 Å². The number of rotatable bonds is 55.